The van der Waals surface area contributed by atoms with Crippen LogP contribution in [0, 0.1) is 15.5 Å². The minimum absolute atomic E-state index is 0.106. The van der Waals surface area contributed by atoms with E-state index in [2.05, 4.69) is 25.8 Å². The number of carbonyl (C=O) groups excluding carboxylic acids is 1. The van der Waals surface area contributed by atoms with E-state index in [1.165, 1.54) is 11.9 Å². The topological polar surface area (TPSA) is 207 Å². The van der Waals surface area contributed by atoms with Crippen molar-refractivity contribution in [3.63, 3.8) is 0 Å². The number of hydrogen-bond acceptors (Lipinski definition) is 16. The van der Waals surface area contributed by atoms with Crippen molar-refractivity contribution in [3.05, 3.63) is 107 Å². The minimum Gasteiger partial charge on any atom is -0.497 e. The van der Waals surface area contributed by atoms with Crippen molar-refractivity contribution < 1.29 is 23.1 Å². The summed E-state index contributed by atoms with van der Waals surface area (Å²) < 4.78 is 20.7. The average Bonchev–Trinajstić information content (AvgIpc) is 3.84. The Balaban J connectivity index is 0.000000195. The highest BCUT2D eigenvalue weighted by Gasteiger charge is 2.12. The van der Waals surface area contributed by atoms with Crippen LogP contribution in [0.2, 0.25) is 0 Å². The summed E-state index contributed by atoms with van der Waals surface area (Å²) in [6, 6.07) is 29.7. The summed E-state index contributed by atoms with van der Waals surface area (Å²) in [6.45, 7) is 1.43. The first-order valence-electron chi connectivity index (χ1n) is 15.3. The van der Waals surface area contributed by atoms with Gasteiger partial charge in [0.1, 0.15) is 21.9 Å². The molecule has 0 radical (unpaired) electrons. The second kappa shape index (κ2) is 20.5. The number of hydrazine groups is 2. The highest BCUT2D eigenvalue weighted by atomic mass is 32.2. The van der Waals surface area contributed by atoms with Crippen LogP contribution in [0.5, 0.6) is 11.5 Å². The van der Waals surface area contributed by atoms with Crippen LogP contribution in [-0.4, -0.2) is 44.7 Å². The lowest BCUT2D eigenvalue weighted by molar-refractivity contribution is -0.109. The summed E-state index contributed by atoms with van der Waals surface area (Å²) in [5.41, 5.74) is 6.82. The van der Waals surface area contributed by atoms with Crippen LogP contribution in [0.3, 0.4) is 0 Å². The van der Waals surface area contributed by atoms with Crippen molar-refractivity contribution in [2.75, 3.05) is 24.7 Å². The van der Waals surface area contributed by atoms with E-state index >= 15 is 0 Å². The molecule has 0 spiro atoms. The second-order valence-corrected chi connectivity index (χ2v) is 13.1. The summed E-state index contributed by atoms with van der Waals surface area (Å²) >= 11 is 12.3. The number of methoxy groups -OCH3 is 2. The Morgan fingerprint density at radius 2 is 1.49 bits per heavy atom. The van der Waals surface area contributed by atoms with Gasteiger partial charge >= 0.3 is 0 Å². The number of H-pyrrole nitrogens is 1. The molecule has 0 aliphatic rings. The number of thiocyanates is 1. The van der Waals surface area contributed by atoms with Gasteiger partial charge in [-0.3, -0.25) is 15.6 Å². The van der Waals surface area contributed by atoms with E-state index in [1.54, 1.807) is 38.5 Å². The van der Waals surface area contributed by atoms with Crippen LogP contribution in [0.15, 0.2) is 116 Å². The number of nitrogens with one attached hydrogen (secondary N) is 2. The normalized spacial score (nSPS) is 10.0. The van der Waals surface area contributed by atoms with E-state index in [-0.39, 0.29) is 15.2 Å². The van der Waals surface area contributed by atoms with E-state index in [9.17, 15) is 4.79 Å². The van der Waals surface area contributed by atoms with Crippen molar-refractivity contribution in [2.24, 2.45) is 11.7 Å². The van der Waals surface area contributed by atoms with E-state index in [4.69, 9.17) is 59.7 Å². The highest BCUT2D eigenvalue weighted by Crippen LogP contribution is 2.26. The Bertz CT molecular complexity index is 2140. The smallest absolute Gasteiger partial charge is 0.284 e. The zero-order valence-corrected chi connectivity index (χ0v) is 31.8. The average molecular weight is 788 g/mol. The number of benzene rings is 4. The highest BCUT2D eigenvalue weighted by molar-refractivity contribution is 8.13. The van der Waals surface area contributed by atoms with Crippen molar-refractivity contribution in [2.45, 2.75) is 23.5 Å². The molecule has 14 nitrogen and oxygen atoms in total. The van der Waals surface area contributed by atoms with Gasteiger partial charge in [0.25, 0.3) is 10.1 Å². The van der Waals surface area contributed by atoms with Gasteiger partial charge in [0.2, 0.25) is 11.8 Å². The molecule has 0 saturated heterocycles. The molecular formula is C35H33N9O5S4. The molecule has 0 atom stereocenters. The van der Waals surface area contributed by atoms with Gasteiger partial charge in [-0.2, -0.15) is 5.26 Å². The number of nitriles is 1. The molecule has 0 fully saturated rings. The van der Waals surface area contributed by atoms with E-state index in [1.807, 2.05) is 78.2 Å². The van der Waals surface area contributed by atoms with Crippen LogP contribution >= 0.6 is 48.0 Å². The SMILES string of the molecule is CC(=O)Sc1nnc(-c2ccc(SC#N)cc2)o1.COc1ccc(N(N)C(=S)Cc2ccc(-c3n[nH]c(=S)o3)cc2)cc1.COc1ccc(NN)cc1. The summed E-state index contributed by atoms with van der Waals surface area (Å²) in [5.74, 6) is 13.7. The molecule has 2 heterocycles. The predicted molar refractivity (Wildman–Crippen MR) is 212 cm³/mol. The Morgan fingerprint density at radius 1 is 0.906 bits per heavy atom. The summed E-state index contributed by atoms with van der Waals surface area (Å²) in [7, 11) is 3.25. The lowest BCUT2D eigenvalue weighted by Gasteiger charge is -2.20. The van der Waals surface area contributed by atoms with Gasteiger partial charge in [0, 0.05) is 46.8 Å². The van der Waals surface area contributed by atoms with Gasteiger partial charge in [0.15, 0.2) is 5.12 Å². The van der Waals surface area contributed by atoms with Gasteiger partial charge in [-0.25, -0.2) is 10.9 Å². The third-order valence-corrected chi connectivity index (χ3v) is 8.51. The number of ether oxygens (including phenoxy) is 2. The third kappa shape index (κ3) is 12.6. The molecule has 53 heavy (non-hydrogen) atoms. The molecule has 18 heteroatoms. The molecule has 2 aromatic heterocycles. The van der Waals surface area contributed by atoms with Crippen molar-refractivity contribution in [1.82, 2.24) is 20.4 Å². The Kier molecular flexibility index (Phi) is 15.5. The zero-order chi connectivity index (χ0) is 38.2. The van der Waals surface area contributed by atoms with Gasteiger partial charge in [-0.1, -0.05) is 24.4 Å². The number of hydrogen-bond donors (Lipinski definition) is 4. The molecule has 0 aliphatic heterocycles. The summed E-state index contributed by atoms with van der Waals surface area (Å²) in [6.07, 6.45) is 0.544. The van der Waals surface area contributed by atoms with Crippen molar-refractivity contribution in [1.29, 1.82) is 5.26 Å². The molecular weight excluding hydrogens is 755 g/mol. The molecule has 0 bridgehead atoms. The maximum Gasteiger partial charge on any atom is 0.284 e. The fourth-order valence-electron chi connectivity index (χ4n) is 4.16. The number of nitrogen functional groups attached to an aromatic ring is 1. The zero-order valence-electron chi connectivity index (χ0n) is 28.5. The van der Waals surface area contributed by atoms with Gasteiger partial charge in [0.05, 0.1) is 19.9 Å². The number of aromatic amines is 1. The first-order valence-corrected chi connectivity index (χ1v) is 17.7. The summed E-state index contributed by atoms with van der Waals surface area (Å²) in [4.78, 5) is 12.6. The van der Waals surface area contributed by atoms with E-state index < -0.39 is 0 Å². The molecule has 0 saturated carbocycles. The number of thiocarbonyl (C=S) groups is 1. The fraction of sp³-hybridized carbons (Fsp3) is 0.114. The standard InChI is InChI=1S/C17H16N4O2S2.C11H7N3O2S2.C7H10N2O/c1-22-14-8-6-13(7-9-14)21(18)15(24)10-11-2-4-12(5-3-11)16-19-20-17(25)23-16;1-7(15)18-11-14-13-10(16-11)8-2-4-9(5-3-8)17-6-12;1-10-7-4-2-6(9-8)3-5-7/h2-9H,10,18H2,1H3,(H,20,25);2-5H,1H3;2-5,9H,8H2,1H3. The molecule has 6 rings (SSSR count). The molecule has 6 N–H and O–H groups in total. The van der Waals surface area contributed by atoms with Crippen molar-refractivity contribution >= 4 is 69.4 Å². The molecule has 0 aliphatic carbocycles. The summed E-state index contributed by atoms with van der Waals surface area (Å²) in [5, 5.41) is 26.4. The number of rotatable bonds is 10. The minimum atomic E-state index is -0.106. The number of carbonyl (C=O) groups is 1. The number of aromatic nitrogens is 4. The van der Waals surface area contributed by atoms with Gasteiger partial charge in [-0.15, -0.1) is 15.3 Å². The number of thioether (sulfide) groups is 2. The van der Waals surface area contributed by atoms with Gasteiger partial charge < -0.3 is 23.7 Å². The molecule has 0 amide bonds. The maximum atomic E-state index is 10.9. The van der Waals surface area contributed by atoms with Crippen LogP contribution in [0.1, 0.15) is 12.5 Å². The van der Waals surface area contributed by atoms with Crippen LogP contribution < -0.4 is 31.6 Å². The second-order valence-electron chi connectivity index (χ2n) is 10.3. The molecule has 272 valence electrons. The van der Waals surface area contributed by atoms with Gasteiger partial charge in [-0.05, 0) is 114 Å². The molecule has 6 aromatic rings. The number of anilines is 2. The third-order valence-electron chi connectivity index (χ3n) is 6.77. The predicted octanol–water partition coefficient (Wildman–Crippen LogP) is 7.59. The monoisotopic (exact) mass is 787 g/mol. The quantitative estimate of drug-likeness (QED) is 0.0347. The lowest BCUT2D eigenvalue weighted by Crippen LogP contribution is -2.37. The Labute approximate surface area is 323 Å². The molecule has 0 unspecified atom stereocenters. The lowest BCUT2D eigenvalue weighted by atomic mass is 10.1. The number of nitrogens with two attached hydrogens (primary N) is 2. The fourth-order valence-corrected chi connectivity index (χ4v) is 5.38. The van der Waals surface area contributed by atoms with E-state index in [0.717, 1.165) is 68.0 Å². The largest absolute Gasteiger partial charge is 0.497 e. The van der Waals surface area contributed by atoms with Crippen LogP contribution in [0.4, 0.5) is 11.4 Å². The van der Waals surface area contributed by atoms with Crippen LogP contribution in [-0.2, 0) is 11.2 Å². The first-order chi connectivity index (χ1) is 25.6. The molecule has 4 aromatic carbocycles. The Morgan fingerprint density at radius 3 is 2.02 bits per heavy atom. The van der Waals surface area contributed by atoms with E-state index in [0.29, 0.717) is 23.2 Å². The number of nitrogens with zero attached hydrogens (tertiary/aromatic N) is 5. The van der Waals surface area contributed by atoms with Crippen LogP contribution in [0.25, 0.3) is 22.9 Å². The Hall–Kier alpha value is -5.55. The first kappa shape index (κ1) is 40.2. The maximum absolute atomic E-state index is 10.9. The van der Waals surface area contributed by atoms with Crippen molar-refractivity contribution in [3.8, 4) is 39.8 Å².